The summed E-state index contributed by atoms with van der Waals surface area (Å²) >= 11 is 0. The molecule has 10 radical (unpaired) electrons. The second kappa shape index (κ2) is 13.2. The minimum Gasteiger partial charge on any atom is -0.388 e. The Morgan fingerprint density at radius 2 is 1.68 bits per heavy atom. The van der Waals surface area contributed by atoms with E-state index in [1.165, 1.54) is 0 Å². The fraction of sp³-hybridized carbons (Fsp3) is 0.357. The molecule has 8 nitrogen and oxygen atoms in total. The summed E-state index contributed by atoms with van der Waals surface area (Å²) in [5.41, 5.74) is 1.79. The Balaban J connectivity index is 0.000000479. The van der Waals surface area contributed by atoms with E-state index < -0.39 is 36.5 Å². The average molecular weight is 545 g/mol. The minimum absolute atomic E-state index is 0. The second-order valence-electron chi connectivity index (χ2n) is 9.36. The summed E-state index contributed by atoms with van der Waals surface area (Å²) in [5, 5.41) is 19.3. The first-order valence-corrected chi connectivity index (χ1v) is 12.1. The van der Waals surface area contributed by atoms with Crippen LogP contribution in [0.15, 0.2) is 36.5 Å². The monoisotopic (exact) mass is 545 g/mol. The van der Waals surface area contributed by atoms with Crippen LogP contribution in [-0.2, 0) is 49.2 Å². The Labute approximate surface area is 230 Å². The molecule has 2 saturated carbocycles. The molecule has 1 aromatic carbocycles. The van der Waals surface area contributed by atoms with Crippen LogP contribution in [0.2, 0.25) is 0 Å². The first-order chi connectivity index (χ1) is 17.5. The SMILES string of the molecule is CC1(C)O[C@H]2O[C@H]([C@H](O)Cn3cc([C]4[CH][CH][CH][CH]4)nn3)[C@H](OCc3ccccc3)[C@H]2O1.[CH]1[CH][CH][CH][CH]1.[Fe+2]. The molecular weight excluding hydrogens is 514 g/mol. The van der Waals surface area contributed by atoms with Gasteiger partial charge in [-0.2, -0.15) is 0 Å². The molecule has 3 heterocycles. The van der Waals surface area contributed by atoms with Gasteiger partial charge in [0.05, 0.1) is 18.8 Å². The molecule has 2 aliphatic heterocycles. The van der Waals surface area contributed by atoms with E-state index in [4.69, 9.17) is 18.9 Å². The summed E-state index contributed by atoms with van der Waals surface area (Å²) in [6.45, 7) is 4.28. The van der Waals surface area contributed by atoms with Crippen LogP contribution in [0.1, 0.15) is 25.1 Å². The van der Waals surface area contributed by atoms with Gasteiger partial charge in [0.2, 0.25) is 0 Å². The molecule has 2 aliphatic carbocycles. The molecule has 1 N–H and O–H groups in total. The second-order valence-corrected chi connectivity index (χ2v) is 9.36. The normalized spacial score (nSPS) is 29.4. The van der Waals surface area contributed by atoms with Gasteiger partial charge in [0.25, 0.3) is 0 Å². The quantitative estimate of drug-likeness (QED) is 0.536. The maximum atomic E-state index is 11.0. The molecule has 0 amide bonds. The summed E-state index contributed by atoms with van der Waals surface area (Å²) in [7, 11) is 0. The Morgan fingerprint density at radius 3 is 2.35 bits per heavy atom. The van der Waals surface area contributed by atoms with E-state index in [0.29, 0.717) is 6.61 Å². The third-order valence-electron chi connectivity index (χ3n) is 6.12. The van der Waals surface area contributed by atoms with Crippen molar-refractivity contribution in [2.75, 3.05) is 0 Å². The largest absolute Gasteiger partial charge is 2.00 e. The van der Waals surface area contributed by atoms with Crippen molar-refractivity contribution >= 4 is 0 Å². The van der Waals surface area contributed by atoms with Crippen molar-refractivity contribution in [3.05, 3.63) is 111 Å². The number of ether oxygens (including phenoxy) is 4. The van der Waals surface area contributed by atoms with Crippen LogP contribution in [-0.4, -0.2) is 56.6 Å². The van der Waals surface area contributed by atoms with Crippen LogP contribution in [0.3, 0.4) is 0 Å². The Morgan fingerprint density at radius 1 is 1.00 bits per heavy atom. The van der Waals surface area contributed by atoms with Gasteiger partial charge in [-0.25, -0.2) is 4.68 Å². The number of benzene rings is 1. The summed E-state index contributed by atoms with van der Waals surface area (Å²) in [6.07, 6.45) is 16.6. The van der Waals surface area contributed by atoms with E-state index in [1.54, 1.807) is 4.68 Å². The van der Waals surface area contributed by atoms with E-state index in [9.17, 15) is 5.11 Å². The molecule has 4 fully saturated rings. The summed E-state index contributed by atoms with van der Waals surface area (Å²) in [6, 6.07) is 9.88. The van der Waals surface area contributed by atoms with Gasteiger partial charge >= 0.3 is 17.1 Å². The first kappa shape index (κ1) is 28.7. The van der Waals surface area contributed by atoms with Crippen molar-refractivity contribution in [3.8, 4) is 0 Å². The minimum atomic E-state index is -0.879. The molecular formula is C28H31FeN3O5+2. The Hall–Kier alpha value is -1.32. The molecule has 0 unspecified atom stereocenters. The van der Waals surface area contributed by atoms with E-state index in [1.807, 2.05) is 108 Å². The van der Waals surface area contributed by atoms with Crippen molar-refractivity contribution in [1.82, 2.24) is 15.0 Å². The fourth-order valence-corrected chi connectivity index (χ4v) is 4.45. The predicted molar refractivity (Wildman–Crippen MR) is 131 cm³/mol. The van der Waals surface area contributed by atoms with Gasteiger partial charge in [-0.05, 0) is 77.2 Å². The molecule has 4 aliphatic rings. The molecule has 1 aromatic heterocycles. The number of fused-ring (bicyclic) bond motifs is 1. The summed E-state index contributed by atoms with van der Waals surface area (Å²) in [5.74, 6) is 0.223. The van der Waals surface area contributed by atoms with Crippen LogP contribution >= 0.6 is 0 Å². The zero-order valence-corrected chi connectivity index (χ0v) is 21.8. The molecule has 9 heteroatoms. The van der Waals surface area contributed by atoms with Crippen LogP contribution < -0.4 is 0 Å². The number of aliphatic hydroxyl groups is 1. The zero-order chi connectivity index (χ0) is 25.0. The van der Waals surface area contributed by atoms with Gasteiger partial charge in [-0.3, -0.25) is 0 Å². The third kappa shape index (κ3) is 7.41. The number of hydrogen-bond acceptors (Lipinski definition) is 7. The van der Waals surface area contributed by atoms with Gasteiger partial charge in [-0.1, -0.05) is 35.5 Å². The Kier molecular flexibility index (Phi) is 10.2. The van der Waals surface area contributed by atoms with Crippen molar-refractivity contribution < 1.29 is 41.1 Å². The van der Waals surface area contributed by atoms with Gasteiger partial charge in [0, 0.05) is 12.1 Å². The molecule has 2 aromatic rings. The zero-order valence-electron chi connectivity index (χ0n) is 20.7. The summed E-state index contributed by atoms with van der Waals surface area (Å²) < 4.78 is 25.8. The van der Waals surface area contributed by atoms with Crippen molar-refractivity contribution in [1.29, 1.82) is 0 Å². The first-order valence-electron chi connectivity index (χ1n) is 12.1. The molecule has 6 rings (SSSR count). The van der Waals surface area contributed by atoms with E-state index in [2.05, 4.69) is 10.3 Å². The number of aliphatic hydroxyl groups excluding tert-OH is 1. The van der Waals surface area contributed by atoms with Gasteiger partial charge in [0.15, 0.2) is 12.1 Å². The van der Waals surface area contributed by atoms with Gasteiger partial charge in [0.1, 0.15) is 24.4 Å². The van der Waals surface area contributed by atoms with Crippen LogP contribution in [0.25, 0.3) is 0 Å². The van der Waals surface area contributed by atoms with Gasteiger partial charge in [-0.15, -0.1) is 5.10 Å². The molecule has 37 heavy (non-hydrogen) atoms. The number of nitrogens with zero attached hydrogens (tertiary/aromatic N) is 3. The number of rotatable bonds is 7. The third-order valence-corrected chi connectivity index (χ3v) is 6.12. The Bertz CT molecular complexity index is 941. The molecule has 5 atom stereocenters. The van der Waals surface area contributed by atoms with Crippen LogP contribution in [0, 0.1) is 63.7 Å². The molecule has 0 spiro atoms. The van der Waals surface area contributed by atoms with E-state index in [0.717, 1.165) is 17.2 Å². The maximum absolute atomic E-state index is 11.0. The van der Waals surface area contributed by atoms with Gasteiger partial charge < -0.3 is 24.1 Å². The van der Waals surface area contributed by atoms with Crippen LogP contribution in [0.4, 0.5) is 0 Å². The van der Waals surface area contributed by atoms with E-state index in [-0.39, 0.29) is 23.6 Å². The average Bonchev–Trinajstić information content (AvgIpc) is 3.68. The topological polar surface area (TPSA) is 87.9 Å². The van der Waals surface area contributed by atoms with Crippen LogP contribution in [0.5, 0.6) is 0 Å². The molecule has 0 bridgehead atoms. The smallest absolute Gasteiger partial charge is 0.388 e. The van der Waals surface area contributed by atoms with E-state index >= 15 is 0 Å². The van der Waals surface area contributed by atoms with Crippen molar-refractivity contribution in [2.45, 2.75) is 63.5 Å². The summed E-state index contributed by atoms with van der Waals surface area (Å²) in [4.78, 5) is 0. The number of hydrogen-bond donors (Lipinski definition) is 1. The fourth-order valence-electron chi connectivity index (χ4n) is 4.45. The van der Waals surface area contributed by atoms with Crippen molar-refractivity contribution in [3.63, 3.8) is 0 Å². The predicted octanol–water partition coefficient (Wildman–Crippen LogP) is 2.87. The standard InChI is InChI=1S/C23H26N3O5.C5H5.Fe/c1-23(2)30-21-20(28-14-15-8-4-3-5-9-15)19(29-22(21)31-23)18(27)13-26-12-17(24-25-26)16-10-6-7-11-16;1-2-4-5-3-1;/h3-12,18-22,27H,13-14H2,1-2H3;1-5H;/q;;+2/t18-,19-,20+,21-,22-;;/m1../s1. The number of aromatic nitrogens is 3. The van der Waals surface area contributed by atoms with Crippen molar-refractivity contribution in [2.24, 2.45) is 0 Å². The maximum Gasteiger partial charge on any atom is 2.00 e. The molecule has 2 saturated heterocycles. The molecule has 194 valence electrons.